The molecule has 0 spiro atoms. The number of fused-ring (bicyclic) bond motifs is 1. The van der Waals surface area contributed by atoms with Crippen molar-refractivity contribution in [1.82, 2.24) is 9.55 Å². The summed E-state index contributed by atoms with van der Waals surface area (Å²) in [6, 6.07) is 5.09. The van der Waals surface area contributed by atoms with Crippen molar-refractivity contribution in [3.05, 3.63) is 30.1 Å². The summed E-state index contributed by atoms with van der Waals surface area (Å²) in [6.45, 7) is 2.09. The maximum Gasteiger partial charge on any atom is 0.140 e. The topological polar surface area (TPSA) is 17.8 Å². The molecule has 72 valence electrons. The fourth-order valence-electron chi connectivity index (χ4n) is 2.11. The molecule has 2 nitrogen and oxygen atoms in total. The van der Waals surface area contributed by atoms with E-state index in [0.717, 1.165) is 5.65 Å². The summed E-state index contributed by atoms with van der Waals surface area (Å²) in [7, 11) is 0. The molecule has 1 saturated carbocycles. The Labute approximate surface area is 83.6 Å². The van der Waals surface area contributed by atoms with Crippen molar-refractivity contribution in [2.24, 2.45) is 0 Å². The number of rotatable bonds is 1. The van der Waals surface area contributed by atoms with Crippen molar-refractivity contribution < 1.29 is 0 Å². The van der Waals surface area contributed by atoms with Crippen LogP contribution in [0.25, 0.3) is 11.0 Å². The number of aryl methyl sites for hydroxylation is 1. The number of hydrogen-bond acceptors (Lipinski definition) is 1. The molecule has 0 aliphatic heterocycles. The molecule has 2 heteroatoms. The predicted octanol–water partition coefficient (Wildman–Crippen LogP) is 3.07. The Morgan fingerprint density at radius 3 is 3.00 bits per heavy atom. The average Bonchev–Trinajstić information content (AvgIpc) is 2.45. The Morgan fingerprint density at radius 1 is 1.43 bits per heavy atom. The van der Waals surface area contributed by atoms with E-state index in [2.05, 4.69) is 34.8 Å². The van der Waals surface area contributed by atoms with Gasteiger partial charge in [0.2, 0.25) is 0 Å². The minimum absolute atomic E-state index is 0.711. The van der Waals surface area contributed by atoms with E-state index >= 15 is 0 Å². The van der Waals surface area contributed by atoms with Gasteiger partial charge in [-0.2, -0.15) is 0 Å². The number of pyridine rings is 1. The van der Waals surface area contributed by atoms with Gasteiger partial charge in [-0.1, -0.05) is 0 Å². The smallest absolute Gasteiger partial charge is 0.140 e. The lowest BCUT2D eigenvalue weighted by molar-refractivity contribution is 0.320. The van der Waals surface area contributed by atoms with Gasteiger partial charge in [0.15, 0.2) is 0 Å². The summed E-state index contributed by atoms with van der Waals surface area (Å²) >= 11 is 0. The highest BCUT2D eigenvalue weighted by atomic mass is 15.1. The number of nitrogens with zero attached hydrogens (tertiary/aromatic N) is 2. The van der Waals surface area contributed by atoms with Crippen LogP contribution in [0, 0.1) is 6.92 Å². The van der Waals surface area contributed by atoms with Crippen molar-refractivity contribution in [3.63, 3.8) is 0 Å². The van der Waals surface area contributed by atoms with Crippen LogP contribution < -0.4 is 0 Å². The zero-order valence-electron chi connectivity index (χ0n) is 8.40. The summed E-state index contributed by atoms with van der Waals surface area (Å²) in [6.07, 6.45) is 8.15. The van der Waals surface area contributed by atoms with Gasteiger partial charge in [0.25, 0.3) is 0 Å². The van der Waals surface area contributed by atoms with Crippen LogP contribution in [0.3, 0.4) is 0 Å². The lowest BCUT2D eigenvalue weighted by Crippen LogP contribution is -2.16. The average molecular weight is 186 g/mol. The van der Waals surface area contributed by atoms with E-state index < -0.39 is 0 Å². The standard InChI is InChI=1S/C12H14N2/c1-9-7-10-5-6-14(11-3-2-4-11)12(10)13-8-9/h5-8,11H,2-4H2,1H3. The van der Waals surface area contributed by atoms with E-state index in [1.807, 2.05) is 6.20 Å². The largest absolute Gasteiger partial charge is 0.329 e. The minimum atomic E-state index is 0.711. The second-order valence-corrected chi connectivity index (χ2v) is 4.23. The van der Waals surface area contributed by atoms with E-state index in [4.69, 9.17) is 0 Å². The second-order valence-electron chi connectivity index (χ2n) is 4.23. The molecule has 2 aromatic rings. The van der Waals surface area contributed by atoms with Crippen LogP contribution in [0.4, 0.5) is 0 Å². The predicted molar refractivity (Wildman–Crippen MR) is 57.4 cm³/mol. The number of aromatic nitrogens is 2. The van der Waals surface area contributed by atoms with Crippen LogP contribution in [-0.4, -0.2) is 9.55 Å². The van der Waals surface area contributed by atoms with Crippen LogP contribution >= 0.6 is 0 Å². The zero-order chi connectivity index (χ0) is 9.54. The van der Waals surface area contributed by atoms with Gasteiger partial charge in [-0.05, 0) is 43.9 Å². The molecule has 3 rings (SSSR count). The molecule has 1 aliphatic carbocycles. The van der Waals surface area contributed by atoms with Crippen LogP contribution in [0.5, 0.6) is 0 Å². The normalized spacial score (nSPS) is 17.2. The summed E-state index contributed by atoms with van der Waals surface area (Å²) < 4.78 is 2.33. The Bertz CT molecular complexity index is 466. The highest BCUT2D eigenvalue weighted by molar-refractivity contribution is 5.76. The highest BCUT2D eigenvalue weighted by Crippen LogP contribution is 2.33. The van der Waals surface area contributed by atoms with Gasteiger partial charge >= 0.3 is 0 Å². The molecular weight excluding hydrogens is 172 g/mol. The molecule has 1 fully saturated rings. The molecule has 0 saturated heterocycles. The first-order valence-electron chi connectivity index (χ1n) is 5.28. The van der Waals surface area contributed by atoms with Crippen molar-refractivity contribution in [2.75, 3.05) is 0 Å². The van der Waals surface area contributed by atoms with Gasteiger partial charge in [0.05, 0.1) is 0 Å². The molecule has 0 N–H and O–H groups in total. The monoisotopic (exact) mass is 186 g/mol. The third-order valence-corrected chi connectivity index (χ3v) is 3.16. The molecule has 0 unspecified atom stereocenters. The third kappa shape index (κ3) is 1.07. The Hall–Kier alpha value is -1.31. The van der Waals surface area contributed by atoms with E-state index in [1.165, 1.54) is 30.2 Å². The maximum absolute atomic E-state index is 4.51. The Morgan fingerprint density at radius 2 is 2.29 bits per heavy atom. The van der Waals surface area contributed by atoms with Crippen molar-refractivity contribution in [3.8, 4) is 0 Å². The van der Waals surface area contributed by atoms with E-state index in [-0.39, 0.29) is 0 Å². The van der Waals surface area contributed by atoms with Crippen LogP contribution in [0.1, 0.15) is 30.9 Å². The van der Waals surface area contributed by atoms with Crippen LogP contribution in [-0.2, 0) is 0 Å². The van der Waals surface area contributed by atoms with Gasteiger partial charge in [0.1, 0.15) is 5.65 Å². The highest BCUT2D eigenvalue weighted by Gasteiger charge is 2.20. The van der Waals surface area contributed by atoms with Gasteiger partial charge in [-0.15, -0.1) is 0 Å². The first kappa shape index (κ1) is 8.04. The minimum Gasteiger partial charge on any atom is -0.329 e. The fourth-order valence-corrected chi connectivity index (χ4v) is 2.11. The first-order chi connectivity index (χ1) is 6.84. The van der Waals surface area contributed by atoms with Crippen molar-refractivity contribution in [2.45, 2.75) is 32.2 Å². The lowest BCUT2D eigenvalue weighted by Gasteiger charge is -2.27. The maximum atomic E-state index is 4.51. The number of hydrogen-bond donors (Lipinski definition) is 0. The molecule has 1 aliphatic rings. The van der Waals surface area contributed by atoms with Crippen molar-refractivity contribution in [1.29, 1.82) is 0 Å². The zero-order valence-corrected chi connectivity index (χ0v) is 8.40. The van der Waals surface area contributed by atoms with Gasteiger partial charge in [-0.3, -0.25) is 0 Å². The van der Waals surface area contributed by atoms with Gasteiger partial charge < -0.3 is 4.57 Å². The lowest BCUT2D eigenvalue weighted by atomic mass is 9.93. The molecule has 0 bridgehead atoms. The van der Waals surface area contributed by atoms with Gasteiger partial charge in [0, 0.05) is 23.8 Å². The summed E-state index contributed by atoms with van der Waals surface area (Å²) in [5, 5.41) is 1.27. The Balaban J connectivity index is 2.16. The van der Waals surface area contributed by atoms with Gasteiger partial charge in [-0.25, -0.2) is 4.98 Å². The summed E-state index contributed by atoms with van der Waals surface area (Å²) in [4.78, 5) is 4.51. The molecule has 2 heterocycles. The first-order valence-corrected chi connectivity index (χ1v) is 5.28. The molecular formula is C12H14N2. The molecule has 0 radical (unpaired) electrons. The SMILES string of the molecule is Cc1cnc2c(ccn2C2CCC2)c1. The molecule has 2 aromatic heterocycles. The molecule has 0 amide bonds. The molecule has 0 aromatic carbocycles. The van der Waals surface area contributed by atoms with Crippen LogP contribution in [0.15, 0.2) is 24.5 Å². The quantitative estimate of drug-likeness (QED) is 0.669. The second kappa shape index (κ2) is 2.84. The van der Waals surface area contributed by atoms with E-state index in [0.29, 0.717) is 6.04 Å². The summed E-state index contributed by atoms with van der Waals surface area (Å²) in [5.74, 6) is 0. The Kier molecular flexibility index (Phi) is 1.63. The van der Waals surface area contributed by atoms with Crippen LogP contribution in [0.2, 0.25) is 0 Å². The third-order valence-electron chi connectivity index (χ3n) is 3.16. The van der Waals surface area contributed by atoms with Crippen molar-refractivity contribution >= 4 is 11.0 Å². The summed E-state index contributed by atoms with van der Waals surface area (Å²) in [5.41, 5.74) is 2.39. The molecule has 14 heavy (non-hydrogen) atoms. The van der Waals surface area contributed by atoms with E-state index in [1.54, 1.807) is 0 Å². The van der Waals surface area contributed by atoms with E-state index in [9.17, 15) is 0 Å². The fraction of sp³-hybridized carbons (Fsp3) is 0.417. The molecule has 0 atom stereocenters.